The lowest BCUT2D eigenvalue weighted by Crippen LogP contribution is -2.60. The van der Waals surface area contributed by atoms with Crippen molar-refractivity contribution in [1.82, 2.24) is 9.99 Å². The zero-order valence-corrected chi connectivity index (χ0v) is 27.4. The van der Waals surface area contributed by atoms with Gasteiger partial charge in [0.1, 0.15) is 17.1 Å². The van der Waals surface area contributed by atoms with Crippen LogP contribution in [0.1, 0.15) is 42.9 Å². The van der Waals surface area contributed by atoms with Gasteiger partial charge >= 0.3 is 6.30 Å². The first-order valence-corrected chi connectivity index (χ1v) is 15.6. The summed E-state index contributed by atoms with van der Waals surface area (Å²) < 4.78 is 61.0. The third-order valence-electron chi connectivity index (χ3n) is 6.97. The van der Waals surface area contributed by atoms with Gasteiger partial charge in [0.15, 0.2) is 11.6 Å². The molecule has 1 aliphatic heterocycles. The molecule has 242 valence electrons. The number of benzene rings is 2. The van der Waals surface area contributed by atoms with Crippen molar-refractivity contribution in [3.63, 3.8) is 0 Å². The molecule has 5 N–H and O–H groups in total. The van der Waals surface area contributed by atoms with Crippen LogP contribution >= 0.6 is 23.4 Å². The molecule has 2 aromatic carbocycles. The van der Waals surface area contributed by atoms with Crippen LogP contribution in [0.2, 0.25) is 5.02 Å². The van der Waals surface area contributed by atoms with E-state index >= 15 is 8.78 Å². The summed E-state index contributed by atoms with van der Waals surface area (Å²) >= 11 is 7.85. The SMILES string of the molecule is CF.COc1cc(/C(N)=C/N(N)CC2c3cc(C(C)(C)O)c(F)c(-c4ccc(F)cc4)[n+]3C2F)cc2cc(Cl)cnc12.CSC. The van der Waals surface area contributed by atoms with Gasteiger partial charge in [-0.2, -0.15) is 25.1 Å². The molecule has 13 heteroatoms. The molecule has 45 heavy (non-hydrogen) atoms. The number of rotatable bonds is 7. The second-order valence-corrected chi connectivity index (χ2v) is 11.9. The van der Waals surface area contributed by atoms with E-state index in [1.165, 1.54) is 73.3 Å². The molecule has 0 fully saturated rings. The normalized spacial score (nSPS) is 15.6. The Kier molecular flexibility index (Phi) is 12.1. The Bertz CT molecular complexity index is 1670. The van der Waals surface area contributed by atoms with E-state index in [0.29, 0.717) is 40.1 Å². The number of halogens is 5. The molecular weight excluding hydrogens is 630 g/mol. The number of aromatic nitrogens is 2. The van der Waals surface area contributed by atoms with Crippen LogP contribution in [0, 0.1) is 11.6 Å². The van der Waals surface area contributed by atoms with E-state index in [1.807, 2.05) is 12.5 Å². The summed E-state index contributed by atoms with van der Waals surface area (Å²) in [4.78, 5) is 4.30. The molecule has 7 nitrogen and oxygen atoms in total. The molecule has 2 atom stereocenters. The first-order chi connectivity index (χ1) is 21.3. The van der Waals surface area contributed by atoms with Gasteiger partial charge in [0, 0.05) is 40.5 Å². The van der Waals surface area contributed by atoms with Crippen LogP contribution < -0.4 is 20.9 Å². The monoisotopic (exact) mass is 666 g/mol. The van der Waals surface area contributed by atoms with Crippen LogP contribution in [0.5, 0.6) is 5.75 Å². The van der Waals surface area contributed by atoms with Crippen LogP contribution in [-0.2, 0) is 5.60 Å². The van der Waals surface area contributed by atoms with Crippen LogP contribution in [0.3, 0.4) is 0 Å². The van der Waals surface area contributed by atoms with E-state index in [-0.39, 0.29) is 29.1 Å². The fourth-order valence-corrected chi connectivity index (χ4v) is 5.14. The van der Waals surface area contributed by atoms with E-state index in [1.54, 1.807) is 30.0 Å². The van der Waals surface area contributed by atoms with Gasteiger partial charge in [0.2, 0.25) is 5.82 Å². The lowest BCUT2D eigenvalue weighted by Gasteiger charge is -2.33. The highest BCUT2D eigenvalue weighted by Crippen LogP contribution is 2.41. The zero-order chi connectivity index (χ0) is 33.6. The minimum Gasteiger partial charge on any atom is -0.494 e. The van der Waals surface area contributed by atoms with Crippen molar-refractivity contribution in [3.05, 3.63) is 94.4 Å². The number of nitrogens with zero attached hydrogens (tertiary/aromatic N) is 3. The third-order valence-corrected chi connectivity index (χ3v) is 7.18. The largest absolute Gasteiger partial charge is 0.494 e. The van der Waals surface area contributed by atoms with Crippen molar-refractivity contribution < 1.29 is 32.0 Å². The number of pyridine rings is 2. The second-order valence-electron chi connectivity index (χ2n) is 10.7. The summed E-state index contributed by atoms with van der Waals surface area (Å²) in [6.45, 7) is 2.88. The first kappa shape index (κ1) is 35.9. The Balaban J connectivity index is 0.00000104. The van der Waals surface area contributed by atoms with Crippen LogP contribution in [0.4, 0.5) is 17.6 Å². The molecule has 4 aromatic rings. The Labute approximate surface area is 269 Å². The molecule has 0 saturated carbocycles. The van der Waals surface area contributed by atoms with Gasteiger partial charge in [-0.05, 0) is 68.8 Å². The minimum absolute atomic E-state index is 0.000244. The summed E-state index contributed by atoms with van der Waals surface area (Å²) in [7, 11) is 2.02. The van der Waals surface area contributed by atoms with Gasteiger partial charge in [-0.1, -0.05) is 11.6 Å². The van der Waals surface area contributed by atoms with Gasteiger partial charge in [0.25, 0.3) is 5.69 Å². The summed E-state index contributed by atoms with van der Waals surface area (Å²) in [6.07, 6.45) is 5.44. The van der Waals surface area contributed by atoms with Crippen molar-refractivity contribution in [1.29, 1.82) is 0 Å². The quantitative estimate of drug-likeness (QED) is 0.0882. The van der Waals surface area contributed by atoms with Crippen molar-refractivity contribution in [2.24, 2.45) is 11.6 Å². The predicted molar refractivity (Wildman–Crippen MR) is 173 cm³/mol. The lowest BCUT2D eigenvalue weighted by molar-refractivity contribution is -0.791. The number of hydrogen-bond donors (Lipinski definition) is 3. The van der Waals surface area contributed by atoms with E-state index in [9.17, 15) is 13.9 Å². The Morgan fingerprint density at radius 3 is 2.36 bits per heavy atom. The lowest BCUT2D eigenvalue weighted by atomic mass is 9.86. The van der Waals surface area contributed by atoms with Crippen molar-refractivity contribution in [2.75, 3.05) is 33.3 Å². The summed E-state index contributed by atoms with van der Waals surface area (Å²) in [5, 5.41) is 13.1. The van der Waals surface area contributed by atoms with E-state index in [4.69, 9.17) is 27.9 Å². The van der Waals surface area contributed by atoms with Crippen LogP contribution in [-0.4, -0.2) is 48.4 Å². The molecule has 0 amide bonds. The molecular formula is C32H37ClF4N5O2S+. The average Bonchev–Trinajstić information content (AvgIpc) is 3.00. The molecule has 0 spiro atoms. The number of thioether (sulfide) groups is 1. The Morgan fingerprint density at radius 2 is 1.78 bits per heavy atom. The summed E-state index contributed by atoms with van der Waals surface area (Å²) in [6, 6.07) is 11.8. The van der Waals surface area contributed by atoms with E-state index in [2.05, 4.69) is 4.98 Å². The summed E-state index contributed by atoms with van der Waals surface area (Å²) in [5.74, 6) is 4.69. The highest BCUT2D eigenvalue weighted by molar-refractivity contribution is 7.97. The molecule has 2 unspecified atom stereocenters. The van der Waals surface area contributed by atoms with Crippen LogP contribution in [0.25, 0.3) is 27.9 Å². The maximum absolute atomic E-state index is 15.6. The molecule has 0 saturated heterocycles. The van der Waals surface area contributed by atoms with Gasteiger partial charge < -0.3 is 20.6 Å². The summed E-state index contributed by atoms with van der Waals surface area (Å²) in [5.41, 5.74) is 6.90. The molecule has 5 rings (SSSR count). The Morgan fingerprint density at radius 1 is 1.16 bits per heavy atom. The van der Waals surface area contributed by atoms with Gasteiger partial charge in [-0.3, -0.25) is 9.37 Å². The van der Waals surface area contributed by atoms with Crippen molar-refractivity contribution in [2.45, 2.75) is 31.7 Å². The average molecular weight is 667 g/mol. The number of nitrogens with two attached hydrogens (primary N) is 2. The third kappa shape index (κ3) is 7.81. The van der Waals surface area contributed by atoms with Crippen LogP contribution in [0.15, 0.2) is 60.9 Å². The predicted octanol–water partition coefficient (Wildman–Crippen LogP) is 6.62. The van der Waals surface area contributed by atoms with Gasteiger partial charge in [0.05, 0.1) is 37.2 Å². The fraction of sp³-hybridized carbons (Fsp3) is 0.312. The molecule has 2 aromatic heterocycles. The standard InChI is InChI=1S/C29H28ClF3N5O2.C2H6S.CH3F/c1-29(2,39)21-11-23-20(28(33)38(23)27(25(21)32)15-4-6-19(31)7-5-15)13-37(35)14-22(34)16-8-17-9-18(30)12-36-26(17)24(10-16)40-3;1-3-2;1-2/h4-12,14,20,28,39H,13,34-35H2,1-3H3;1-2H3;1H3/q+1;;/b22-14-;;. The number of fused-ring (bicyclic) bond motifs is 2. The van der Waals surface area contributed by atoms with E-state index < -0.39 is 29.4 Å². The van der Waals surface area contributed by atoms with Crippen molar-refractivity contribution >= 4 is 40.0 Å². The second kappa shape index (κ2) is 15.1. The fourth-order valence-electron chi connectivity index (χ4n) is 4.98. The molecule has 3 heterocycles. The molecule has 0 radical (unpaired) electrons. The number of hydrazine groups is 1. The first-order valence-electron chi connectivity index (χ1n) is 13.6. The highest BCUT2D eigenvalue weighted by atomic mass is 35.5. The number of alkyl halides is 2. The smallest absolute Gasteiger partial charge is 0.314 e. The zero-order valence-electron chi connectivity index (χ0n) is 25.8. The Hall–Kier alpha value is -3.58. The van der Waals surface area contributed by atoms with Crippen molar-refractivity contribution in [3.8, 4) is 17.0 Å². The number of methoxy groups -OCH3 is 1. The maximum atomic E-state index is 15.6. The van der Waals surface area contributed by atoms with Gasteiger partial charge in [-0.25, -0.2) is 10.2 Å². The molecule has 0 bridgehead atoms. The highest BCUT2D eigenvalue weighted by Gasteiger charge is 2.53. The number of aliphatic hydroxyl groups is 1. The van der Waals surface area contributed by atoms with E-state index in [0.717, 1.165) is 0 Å². The molecule has 0 aliphatic carbocycles. The number of ether oxygens (including phenoxy) is 1. The minimum atomic E-state index is -1.63. The molecule has 1 aliphatic rings. The number of hydrogen-bond acceptors (Lipinski definition) is 7. The maximum Gasteiger partial charge on any atom is 0.314 e. The van der Waals surface area contributed by atoms with Gasteiger partial charge in [-0.15, -0.1) is 0 Å². The topological polar surface area (TPSA) is 102 Å².